The molecule has 3 aliphatic rings. The molecule has 1 saturated heterocycles. The molecule has 1 aliphatic heterocycles. The van der Waals surface area contributed by atoms with E-state index in [1.54, 1.807) is 31.4 Å². The number of aromatic nitrogens is 1. The Labute approximate surface area is 222 Å². The lowest BCUT2D eigenvalue weighted by Gasteiger charge is -2.53. The first kappa shape index (κ1) is 26.1. The number of anilines is 1. The van der Waals surface area contributed by atoms with Gasteiger partial charge in [-0.25, -0.2) is 4.98 Å². The number of nitrogens with zero attached hydrogens (tertiary/aromatic N) is 2. The molecule has 2 fully saturated rings. The molecular formula is C28H37N3O5S. The molecule has 37 heavy (non-hydrogen) atoms. The van der Waals surface area contributed by atoms with Gasteiger partial charge in [-0.1, -0.05) is 20.8 Å². The molecule has 0 bridgehead atoms. The van der Waals surface area contributed by atoms with Gasteiger partial charge in [-0.05, 0) is 60.8 Å². The van der Waals surface area contributed by atoms with Gasteiger partial charge in [0.1, 0.15) is 5.75 Å². The van der Waals surface area contributed by atoms with Crippen LogP contribution in [0.5, 0.6) is 5.75 Å². The minimum Gasteiger partial charge on any atom is -0.497 e. The van der Waals surface area contributed by atoms with Gasteiger partial charge in [0.2, 0.25) is 5.91 Å². The van der Waals surface area contributed by atoms with Crippen molar-refractivity contribution in [2.24, 2.45) is 23.2 Å². The normalized spacial score (nSPS) is 30.1. The summed E-state index contributed by atoms with van der Waals surface area (Å²) in [5.74, 6) is 0.332. The Kier molecular flexibility index (Phi) is 7.31. The second-order valence-corrected chi connectivity index (χ2v) is 12.2. The van der Waals surface area contributed by atoms with E-state index in [4.69, 9.17) is 14.5 Å². The van der Waals surface area contributed by atoms with Crippen molar-refractivity contribution in [1.82, 2.24) is 9.88 Å². The molecule has 1 aromatic carbocycles. The van der Waals surface area contributed by atoms with Crippen LogP contribution in [0.15, 0.2) is 24.3 Å². The second-order valence-electron chi connectivity index (χ2n) is 11.1. The molecule has 1 aromatic heterocycles. The lowest BCUT2D eigenvalue weighted by Crippen LogP contribution is -2.54. The molecule has 2 heterocycles. The zero-order valence-corrected chi connectivity index (χ0v) is 22.8. The third kappa shape index (κ3) is 4.89. The Morgan fingerprint density at radius 1 is 1.27 bits per heavy atom. The Morgan fingerprint density at radius 2 is 1.97 bits per heavy atom. The van der Waals surface area contributed by atoms with Crippen LogP contribution in [-0.4, -0.2) is 66.3 Å². The zero-order valence-electron chi connectivity index (χ0n) is 22.0. The first-order chi connectivity index (χ1) is 17.7. The number of thiazole rings is 1. The summed E-state index contributed by atoms with van der Waals surface area (Å²) in [6.07, 6.45) is 2.02. The molecular weight excluding hydrogens is 490 g/mol. The maximum Gasteiger partial charge on any atom is 0.257 e. The van der Waals surface area contributed by atoms with Crippen molar-refractivity contribution in [3.8, 4) is 5.75 Å². The van der Waals surface area contributed by atoms with E-state index in [1.165, 1.54) is 16.2 Å². The molecule has 5 rings (SSSR count). The largest absolute Gasteiger partial charge is 0.497 e. The van der Waals surface area contributed by atoms with Gasteiger partial charge in [0, 0.05) is 35.4 Å². The number of hydrogen-bond donors (Lipinski definition) is 2. The van der Waals surface area contributed by atoms with Crippen LogP contribution in [0.1, 0.15) is 60.5 Å². The summed E-state index contributed by atoms with van der Waals surface area (Å²) in [7, 11) is 1.59. The van der Waals surface area contributed by atoms with Crippen LogP contribution in [0.3, 0.4) is 0 Å². The first-order valence-corrected chi connectivity index (χ1v) is 14.0. The number of benzene rings is 1. The highest BCUT2D eigenvalue weighted by Crippen LogP contribution is 2.57. The number of aliphatic hydroxyl groups excluding tert-OH is 1. The average molecular weight is 528 g/mol. The Hall–Kier alpha value is -2.49. The summed E-state index contributed by atoms with van der Waals surface area (Å²) < 4.78 is 10.6. The summed E-state index contributed by atoms with van der Waals surface area (Å²) in [6.45, 7) is 8.77. The van der Waals surface area contributed by atoms with E-state index in [1.807, 2.05) is 11.8 Å². The van der Waals surface area contributed by atoms with Crippen LogP contribution in [0.2, 0.25) is 0 Å². The fourth-order valence-electron chi connectivity index (χ4n) is 6.77. The molecule has 0 radical (unpaired) electrons. The number of methoxy groups -OCH3 is 1. The topological polar surface area (TPSA) is 101 Å². The number of ether oxygens (including phenoxy) is 2. The van der Waals surface area contributed by atoms with E-state index >= 15 is 0 Å². The van der Waals surface area contributed by atoms with Gasteiger partial charge >= 0.3 is 0 Å². The lowest BCUT2D eigenvalue weighted by molar-refractivity contribution is -0.148. The maximum atomic E-state index is 13.2. The number of carbonyl (C=O) groups excluding carboxylic acids is 2. The van der Waals surface area contributed by atoms with Gasteiger partial charge in [-0.3, -0.25) is 14.9 Å². The van der Waals surface area contributed by atoms with Crippen molar-refractivity contribution in [1.29, 1.82) is 0 Å². The van der Waals surface area contributed by atoms with Crippen LogP contribution in [0.4, 0.5) is 5.13 Å². The first-order valence-electron chi connectivity index (χ1n) is 13.2. The molecule has 6 atom stereocenters. The highest BCUT2D eigenvalue weighted by Gasteiger charge is 2.54. The number of fused-ring (bicyclic) bond motifs is 2. The molecule has 2 N–H and O–H groups in total. The van der Waals surface area contributed by atoms with E-state index in [0.29, 0.717) is 42.7 Å². The summed E-state index contributed by atoms with van der Waals surface area (Å²) in [5, 5.41) is 15.2. The van der Waals surface area contributed by atoms with E-state index in [0.717, 1.165) is 25.0 Å². The predicted molar refractivity (Wildman–Crippen MR) is 142 cm³/mol. The number of carbonyl (C=O) groups is 2. The standard InChI is InChI=1S/C28H37N3O5S/c1-16(26(34)31-11-13-36-14-12-31)20-9-10-28(3)15-21-23(17(2)22(28)24(20)32)29-27(37-21)30-25(33)18-5-7-19(35-4)8-6-18/h5-8,16-17,20,22,24,32H,9-15H2,1-4H3,(H,29,30,33)/t16-,17-,20?,22+,24-,28-/m0/s1. The predicted octanol–water partition coefficient (Wildman–Crippen LogP) is 3.95. The average Bonchev–Trinajstić information content (AvgIpc) is 3.30. The number of amides is 2. The van der Waals surface area contributed by atoms with Crippen LogP contribution >= 0.6 is 11.3 Å². The van der Waals surface area contributed by atoms with E-state index in [2.05, 4.69) is 19.2 Å². The molecule has 1 unspecified atom stereocenters. The highest BCUT2D eigenvalue weighted by atomic mass is 32.1. The van der Waals surface area contributed by atoms with E-state index < -0.39 is 6.10 Å². The minimum absolute atomic E-state index is 0.00549. The van der Waals surface area contributed by atoms with Crippen LogP contribution in [-0.2, 0) is 16.0 Å². The van der Waals surface area contributed by atoms with E-state index in [9.17, 15) is 14.7 Å². The third-order valence-corrected chi connectivity index (χ3v) is 9.84. The molecule has 2 aromatic rings. The number of hydrogen-bond acceptors (Lipinski definition) is 7. The maximum absolute atomic E-state index is 13.2. The zero-order chi connectivity index (χ0) is 26.3. The molecule has 200 valence electrons. The minimum atomic E-state index is -0.582. The van der Waals surface area contributed by atoms with Crippen molar-refractivity contribution in [2.45, 2.75) is 52.1 Å². The molecule has 2 amide bonds. The second kappa shape index (κ2) is 10.3. The van der Waals surface area contributed by atoms with Crippen molar-refractivity contribution in [2.75, 3.05) is 38.7 Å². The number of rotatable bonds is 5. The molecule has 1 saturated carbocycles. The van der Waals surface area contributed by atoms with Gasteiger partial charge in [-0.15, -0.1) is 11.3 Å². The fourth-order valence-corrected chi connectivity index (χ4v) is 8.03. The van der Waals surface area contributed by atoms with Gasteiger partial charge < -0.3 is 19.5 Å². The quantitative estimate of drug-likeness (QED) is 0.611. The van der Waals surface area contributed by atoms with Crippen LogP contribution < -0.4 is 10.1 Å². The summed E-state index contributed by atoms with van der Waals surface area (Å²) in [5.41, 5.74) is 1.43. The Balaban J connectivity index is 1.32. The van der Waals surface area contributed by atoms with Gasteiger partial charge in [-0.2, -0.15) is 0 Å². The Morgan fingerprint density at radius 3 is 2.65 bits per heavy atom. The van der Waals surface area contributed by atoms with Gasteiger partial charge in [0.05, 0.1) is 32.1 Å². The summed E-state index contributed by atoms with van der Waals surface area (Å²) in [6, 6.07) is 6.99. The van der Waals surface area contributed by atoms with Crippen LogP contribution in [0, 0.1) is 23.2 Å². The van der Waals surface area contributed by atoms with Gasteiger partial charge in [0.15, 0.2) is 5.13 Å². The number of morpholine rings is 1. The van der Waals surface area contributed by atoms with Crippen molar-refractivity contribution in [3.63, 3.8) is 0 Å². The molecule has 9 heteroatoms. The molecule has 0 spiro atoms. The van der Waals surface area contributed by atoms with Crippen LogP contribution in [0.25, 0.3) is 0 Å². The summed E-state index contributed by atoms with van der Waals surface area (Å²) in [4.78, 5) is 33.9. The Bertz CT molecular complexity index is 1150. The molecule has 8 nitrogen and oxygen atoms in total. The van der Waals surface area contributed by atoms with Crippen molar-refractivity contribution >= 4 is 28.3 Å². The lowest BCUT2D eigenvalue weighted by atomic mass is 9.53. The van der Waals surface area contributed by atoms with Crippen molar-refractivity contribution in [3.05, 3.63) is 40.4 Å². The molecule has 2 aliphatic carbocycles. The smallest absolute Gasteiger partial charge is 0.257 e. The monoisotopic (exact) mass is 527 g/mol. The highest BCUT2D eigenvalue weighted by molar-refractivity contribution is 7.15. The number of aliphatic hydroxyl groups is 1. The van der Waals surface area contributed by atoms with E-state index in [-0.39, 0.29) is 40.9 Å². The number of nitrogens with one attached hydrogen (secondary N) is 1. The fraction of sp³-hybridized carbons (Fsp3) is 0.607. The summed E-state index contributed by atoms with van der Waals surface area (Å²) >= 11 is 1.53. The van der Waals surface area contributed by atoms with Crippen molar-refractivity contribution < 1.29 is 24.2 Å². The SMILES string of the molecule is COc1ccc(C(=O)Nc2nc3c(s2)C[C@]2(C)CCC([C@H](C)C(=O)N4CCOCC4)[C@H](O)[C@H]2[C@@H]3C)cc1. The van der Waals surface area contributed by atoms with Gasteiger partial charge in [0.25, 0.3) is 5.91 Å². The third-order valence-electron chi connectivity index (χ3n) is 8.85.